The summed E-state index contributed by atoms with van der Waals surface area (Å²) in [4.78, 5) is 21.8. The van der Waals surface area contributed by atoms with Crippen molar-refractivity contribution in [1.29, 1.82) is 5.26 Å². The van der Waals surface area contributed by atoms with Crippen LogP contribution in [0.25, 0.3) is 17.4 Å². The van der Waals surface area contributed by atoms with Crippen LogP contribution in [0.2, 0.25) is 5.02 Å². The molecule has 0 atom stereocenters. The van der Waals surface area contributed by atoms with Gasteiger partial charge in [0.15, 0.2) is 0 Å². The van der Waals surface area contributed by atoms with Gasteiger partial charge in [0.05, 0.1) is 9.95 Å². The van der Waals surface area contributed by atoms with Crippen LogP contribution in [0, 0.1) is 21.4 Å². The normalized spacial score (nSPS) is 10.9. The number of likely N-dealkylation sites (N-methyl/N-ethyl adjacent to an activating group) is 1. The molecule has 2 rings (SSSR count). The van der Waals surface area contributed by atoms with Crippen LogP contribution in [0.5, 0.6) is 0 Å². The fourth-order valence-electron chi connectivity index (χ4n) is 1.82. The van der Waals surface area contributed by atoms with Crippen molar-refractivity contribution in [3.05, 3.63) is 56.8 Å². The molecule has 0 spiro atoms. The predicted octanol–water partition coefficient (Wildman–Crippen LogP) is 3.16. The topological polar surface area (TPSA) is 109 Å². The highest BCUT2D eigenvalue weighted by Gasteiger charge is 2.15. The molecule has 7 nitrogen and oxygen atoms in total. The number of benzene rings is 1. The summed E-state index contributed by atoms with van der Waals surface area (Å²) < 4.78 is 5.50. The SMILES string of the molecule is CNC(=O)/C(C#N)=C/c1ccc(-c2cc([N+](=O)[O-])ccc2Cl)o1. The Morgan fingerprint density at radius 2 is 2.17 bits per heavy atom. The van der Waals surface area contributed by atoms with E-state index in [4.69, 9.17) is 21.3 Å². The Labute approximate surface area is 135 Å². The number of amides is 1. The van der Waals surface area contributed by atoms with Crippen LogP contribution >= 0.6 is 11.6 Å². The second kappa shape index (κ2) is 6.77. The van der Waals surface area contributed by atoms with Gasteiger partial charge in [-0.3, -0.25) is 14.9 Å². The molecule has 0 saturated carbocycles. The molecule has 2 aromatic rings. The summed E-state index contributed by atoms with van der Waals surface area (Å²) in [6, 6.07) is 8.82. The number of nitrogens with zero attached hydrogens (tertiary/aromatic N) is 2. The summed E-state index contributed by atoms with van der Waals surface area (Å²) in [7, 11) is 1.41. The van der Waals surface area contributed by atoms with E-state index in [0.717, 1.165) is 0 Å². The lowest BCUT2D eigenvalue weighted by molar-refractivity contribution is -0.384. The summed E-state index contributed by atoms with van der Waals surface area (Å²) in [5.74, 6) is 0.000649. The highest BCUT2D eigenvalue weighted by Crippen LogP contribution is 2.32. The van der Waals surface area contributed by atoms with Crippen molar-refractivity contribution in [3.63, 3.8) is 0 Å². The number of nitro groups is 1. The first-order valence-electron chi connectivity index (χ1n) is 6.34. The Morgan fingerprint density at radius 3 is 2.78 bits per heavy atom. The first kappa shape index (κ1) is 16.3. The van der Waals surface area contributed by atoms with Crippen molar-refractivity contribution in [2.24, 2.45) is 0 Å². The van der Waals surface area contributed by atoms with Gasteiger partial charge in [-0.1, -0.05) is 11.6 Å². The van der Waals surface area contributed by atoms with Crippen molar-refractivity contribution >= 4 is 29.3 Å². The van der Waals surface area contributed by atoms with Gasteiger partial charge in [-0.05, 0) is 18.2 Å². The molecule has 0 fully saturated rings. The van der Waals surface area contributed by atoms with Crippen molar-refractivity contribution in [3.8, 4) is 17.4 Å². The Morgan fingerprint density at radius 1 is 1.43 bits per heavy atom. The smallest absolute Gasteiger partial charge is 0.270 e. The monoisotopic (exact) mass is 331 g/mol. The van der Waals surface area contributed by atoms with E-state index in [-0.39, 0.29) is 22.0 Å². The summed E-state index contributed by atoms with van der Waals surface area (Å²) in [6.07, 6.45) is 1.27. The Balaban J connectivity index is 2.42. The number of hydrogen-bond acceptors (Lipinski definition) is 5. The van der Waals surface area contributed by atoms with Crippen molar-refractivity contribution in [2.45, 2.75) is 0 Å². The van der Waals surface area contributed by atoms with Crippen molar-refractivity contribution < 1.29 is 14.1 Å². The Hall–Kier alpha value is -3.11. The minimum absolute atomic E-state index is 0.124. The molecular formula is C15H10ClN3O4. The molecule has 1 N–H and O–H groups in total. The number of rotatable bonds is 4. The molecule has 0 aliphatic heterocycles. The minimum atomic E-state index is -0.543. The number of furan rings is 1. The molecule has 0 bridgehead atoms. The average molecular weight is 332 g/mol. The van der Waals surface area contributed by atoms with Crippen LogP contribution in [-0.4, -0.2) is 17.9 Å². The molecule has 1 heterocycles. The average Bonchev–Trinajstić information content (AvgIpc) is 3.00. The molecule has 8 heteroatoms. The third kappa shape index (κ3) is 3.56. The van der Waals surface area contributed by atoms with Gasteiger partial charge >= 0.3 is 0 Å². The number of nitriles is 1. The highest BCUT2D eigenvalue weighted by atomic mass is 35.5. The molecule has 23 heavy (non-hydrogen) atoms. The second-order valence-electron chi connectivity index (χ2n) is 4.37. The first-order valence-corrected chi connectivity index (χ1v) is 6.72. The highest BCUT2D eigenvalue weighted by molar-refractivity contribution is 6.33. The Bertz CT molecular complexity index is 849. The number of nitro benzene ring substituents is 1. The van der Waals surface area contributed by atoms with E-state index in [1.807, 2.05) is 0 Å². The molecule has 0 unspecified atom stereocenters. The molecular weight excluding hydrogens is 322 g/mol. The van der Waals surface area contributed by atoms with Gasteiger partial charge in [-0.15, -0.1) is 0 Å². The van der Waals surface area contributed by atoms with Crippen LogP contribution in [0.1, 0.15) is 5.76 Å². The fraction of sp³-hybridized carbons (Fsp3) is 0.0667. The number of carbonyl (C=O) groups is 1. The molecule has 1 aromatic heterocycles. The summed E-state index contributed by atoms with van der Waals surface area (Å²) in [5, 5.41) is 22.4. The second-order valence-corrected chi connectivity index (χ2v) is 4.78. The maximum atomic E-state index is 11.5. The molecule has 1 aromatic carbocycles. The van der Waals surface area contributed by atoms with Gasteiger partial charge < -0.3 is 9.73 Å². The van der Waals surface area contributed by atoms with E-state index in [2.05, 4.69) is 5.32 Å². The lowest BCUT2D eigenvalue weighted by Crippen LogP contribution is -2.18. The zero-order chi connectivity index (χ0) is 17.0. The molecule has 1 amide bonds. The molecule has 0 saturated heterocycles. The van der Waals surface area contributed by atoms with Crippen LogP contribution in [0.3, 0.4) is 0 Å². The predicted molar refractivity (Wildman–Crippen MR) is 83.5 cm³/mol. The van der Waals surface area contributed by atoms with E-state index in [1.165, 1.54) is 37.4 Å². The largest absolute Gasteiger partial charge is 0.457 e. The van der Waals surface area contributed by atoms with Gasteiger partial charge in [0.1, 0.15) is 23.2 Å². The van der Waals surface area contributed by atoms with E-state index in [0.29, 0.717) is 11.3 Å². The van der Waals surface area contributed by atoms with Crippen LogP contribution in [-0.2, 0) is 4.79 Å². The standard InChI is InChI=1S/C15H10ClN3O4/c1-18-15(20)9(8-17)6-11-3-5-14(23-11)12-7-10(19(21)22)2-4-13(12)16/h2-7H,1H3,(H,18,20)/b9-6+. The number of nitrogens with one attached hydrogen (secondary N) is 1. The van der Waals surface area contributed by atoms with E-state index in [1.54, 1.807) is 12.1 Å². The van der Waals surface area contributed by atoms with Crippen molar-refractivity contribution in [1.82, 2.24) is 5.32 Å². The Kier molecular flexibility index (Phi) is 4.79. The minimum Gasteiger partial charge on any atom is -0.457 e. The quantitative estimate of drug-likeness (QED) is 0.400. The summed E-state index contributed by atoms with van der Waals surface area (Å²) >= 11 is 6.04. The summed E-state index contributed by atoms with van der Waals surface area (Å²) in [5.41, 5.74) is 0.0958. The van der Waals surface area contributed by atoms with Crippen LogP contribution < -0.4 is 5.32 Å². The van der Waals surface area contributed by atoms with Gasteiger partial charge in [-0.2, -0.15) is 5.26 Å². The van der Waals surface area contributed by atoms with E-state index >= 15 is 0 Å². The van der Waals surface area contributed by atoms with E-state index in [9.17, 15) is 14.9 Å². The summed E-state index contributed by atoms with van der Waals surface area (Å²) in [6.45, 7) is 0. The molecule has 116 valence electrons. The van der Waals surface area contributed by atoms with Gasteiger partial charge in [0.2, 0.25) is 0 Å². The van der Waals surface area contributed by atoms with Gasteiger partial charge in [-0.25, -0.2) is 0 Å². The fourth-order valence-corrected chi connectivity index (χ4v) is 2.03. The van der Waals surface area contributed by atoms with Crippen LogP contribution in [0.4, 0.5) is 5.69 Å². The molecule has 0 radical (unpaired) electrons. The number of non-ortho nitro benzene ring substituents is 1. The lowest BCUT2D eigenvalue weighted by Gasteiger charge is -2.00. The maximum absolute atomic E-state index is 11.5. The zero-order valence-corrected chi connectivity index (χ0v) is 12.6. The maximum Gasteiger partial charge on any atom is 0.270 e. The third-order valence-corrected chi connectivity index (χ3v) is 3.26. The zero-order valence-electron chi connectivity index (χ0n) is 11.9. The molecule has 0 aliphatic carbocycles. The number of hydrogen-bond donors (Lipinski definition) is 1. The third-order valence-electron chi connectivity index (χ3n) is 2.93. The molecule has 0 aliphatic rings. The van der Waals surface area contributed by atoms with Gasteiger partial charge in [0.25, 0.3) is 11.6 Å². The van der Waals surface area contributed by atoms with E-state index < -0.39 is 10.8 Å². The number of carbonyl (C=O) groups excluding carboxylic acids is 1. The van der Waals surface area contributed by atoms with Crippen molar-refractivity contribution in [2.75, 3.05) is 7.05 Å². The number of halogens is 1. The van der Waals surface area contributed by atoms with Gasteiger partial charge in [0, 0.05) is 30.8 Å². The lowest BCUT2D eigenvalue weighted by atomic mass is 10.1. The first-order chi connectivity index (χ1) is 11.0. The van der Waals surface area contributed by atoms with Crippen LogP contribution in [0.15, 0.2) is 40.3 Å².